The van der Waals surface area contributed by atoms with Gasteiger partial charge in [0.2, 0.25) is 0 Å². The third-order valence-corrected chi connectivity index (χ3v) is 3.29. The van der Waals surface area contributed by atoms with Gasteiger partial charge in [0.05, 0.1) is 6.07 Å². The van der Waals surface area contributed by atoms with Crippen LogP contribution in [-0.4, -0.2) is 5.78 Å². The Morgan fingerprint density at radius 3 is 2.77 bits per heavy atom. The number of ketones is 1. The minimum Gasteiger partial charge on any atom is -0.300 e. The van der Waals surface area contributed by atoms with E-state index in [2.05, 4.69) is 13.0 Å². The zero-order valence-corrected chi connectivity index (χ0v) is 8.42. The standard InChI is InChI=1S/C11H17NO/c1-8-3-4-11(9(2)13)7-10(8)5-6-12/h8,10-11H,3-5,7H2,1-2H3. The Balaban J connectivity index is 2.53. The highest BCUT2D eigenvalue weighted by Crippen LogP contribution is 2.35. The van der Waals surface area contributed by atoms with Crippen molar-refractivity contribution >= 4 is 5.78 Å². The van der Waals surface area contributed by atoms with Gasteiger partial charge in [-0.2, -0.15) is 5.26 Å². The van der Waals surface area contributed by atoms with Crippen LogP contribution in [0.4, 0.5) is 0 Å². The topological polar surface area (TPSA) is 40.9 Å². The average molecular weight is 179 g/mol. The molecule has 0 radical (unpaired) electrons. The Hall–Kier alpha value is -0.840. The molecular formula is C11H17NO. The van der Waals surface area contributed by atoms with Gasteiger partial charge in [-0.25, -0.2) is 0 Å². The van der Waals surface area contributed by atoms with Crippen LogP contribution in [0.2, 0.25) is 0 Å². The van der Waals surface area contributed by atoms with Crippen molar-refractivity contribution in [3.05, 3.63) is 0 Å². The van der Waals surface area contributed by atoms with Crippen molar-refractivity contribution in [1.82, 2.24) is 0 Å². The molecule has 0 aromatic carbocycles. The highest BCUT2D eigenvalue weighted by Gasteiger charge is 2.29. The van der Waals surface area contributed by atoms with Crippen LogP contribution >= 0.6 is 0 Å². The van der Waals surface area contributed by atoms with Crippen molar-refractivity contribution in [2.75, 3.05) is 0 Å². The van der Waals surface area contributed by atoms with Crippen LogP contribution in [0.3, 0.4) is 0 Å². The molecule has 0 spiro atoms. The summed E-state index contributed by atoms with van der Waals surface area (Å²) in [5.41, 5.74) is 0. The summed E-state index contributed by atoms with van der Waals surface area (Å²) in [6.45, 7) is 3.86. The molecule has 2 heteroatoms. The predicted octanol–water partition coefficient (Wildman–Crippen LogP) is 2.54. The van der Waals surface area contributed by atoms with Crippen LogP contribution in [-0.2, 0) is 4.79 Å². The summed E-state index contributed by atoms with van der Waals surface area (Å²) in [5.74, 6) is 1.60. The second kappa shape index (κ2) is 4.41. The Kier molecular flexibility index (Phi) is 3.48. The lowest BCUT2D eigenvalue weighted by Crippen LogP contribution is -2.26. The fraction of sp³-hybridized carbons (Fsp3) is 0.818. The summed E-state index contributed by atoms with van der Waals surface area (Å²) in [4.78, 5) is 11.2. The molecule has 1 fully saturated rings. The van der Waals surface area contributed by atoms with Gasteiger partial charge in [0.25, 0.3) is 0 Å². The van der Waals surface area contributed by atoms with Crippen LogP contribution < -0.4 is 0 Å². The molecule has 1 aliphatic rings. The van der Waals surface area contributed by atoms with E-state index in [0.717, 1.165) is 19.3 Å². The first-order valence-corrected chi connectivity index (χ1v) is 5.02. The lowest BCUT2D eigenvalue weighted by molar-refractivity contribution is -0.122. The zero-order valence-electron chi connectivity index (χ0n) is 8.42. The minimum atomic E-state index is 0.231. The molecule has 1 saturated carbocycles. The number of carbonyl (C=O) groups is 1. The molecule has 0 aliphatic heterocycles. The second-order valence-electron chi connectivity index (χ2n) is 4.22. The zero-order chi connectivity index (χ0) is 9.84. The second-order valence-corrected chi connectivity index (χ2v) is 4.22. The smallest absolute Gasteiger partial charge is 0.132 e. The molecule has 2 nitrogen and oxygen atoms in total. The molecule has 0 heterocycles. The first-order valence-electron chi connectivity index (χ1n) is 5.02. The van der Waals surface area contributed by atoms with E-state index in [4.69, 9.17) is 5.26 Å². The molecule has 0 aromatic heterocycles. The van der Waals surface area contributed by atoms with Gasteiger partial charge >= 0.3 is 0 Å². The molecule has 1 aliphatic carbocycles. The van der Waals surface area contributed by atoms with E-state index in [1.54, 1.807) is 6.92 Å². The summed E-state index contributed by atoms with van der Waals surface area (Å²) in [6.07, 6.45) is 3.68. The lowest BCUT2D eigenvalue weighted by atomic mass is 9.72. The molecule has 3 atom stereocenters. The number of nitriles is 1. The fourth-order valence-electron chi connectivity index (χ4n) is 2.19. The van der Waals surface area contributed by atoms with E-state index in [1.165, 1.54) is 0 Å². The molecule has 0 bridgehead atoms. The van der Waals surface area contributed by atoms with E-state index in [9.17, 15) is 4.79 Å². The highest BCUT2D eigenvalue weighted by atomic mass is 16.1. The van der Waals surface area contributed by atoms with Gasteiger partial charge in [-0.05, 0) is 38.0 Å². The molecule has 0 amide bonds. The maximum atomic E-state index is 11.2. The van der Waals surface area contributed by atoms with Gasteiger partial charge in [0, 0.05) is 12.3 Å². The van der Waals surface area contributed by atoms with Gasteiger partial charge in [-0.15, -0.1) is 0 Å². The SMILES string of the molecule is CC(=O)C1CCC(C)C(CC#N)C1. The summed E-state index contributed by atoms with van der Waals surface area (Å²) in [6, 6.07) is 2.22. The van der Waals surface area contributed by atoms with Crippen LogP contribution in [0.1, 0.15) is 39.5 Å². The highest BCUT2D eigenvalue weighted by molar-refractivity contribution is 5.78. The first kappa shape index (κ1) is 10.2. The van der Waals surface area contributed by atoms with Gasteiger partial charge in [-0.1, -0.05) is 6.92 Å². The van der Waals surface area contributed by atoms with Crippen LogP contribution in [0, 0.1) is 29.1 Å². The van der Waals surface area contributed by atoms with E-state index < -0.39 is 0 Å². The summed E-state index contributed by atoms with van der Waals surface area (Å²) >= 11 is 0. The Labute approximate surface area is 79.9 Å². The minimum absolute atomic E-state index is 0.231. The molecule has 72 valence electrons. The molecular weight excluding hydrogens is 162 g/mol. The molecule has 0 saturated heterocycles. The van der Waals surface area contributed by atoms with E-state index in [1.807, 2.05) is 0 Å². The number of carbonyl (C=O) groups excluding carboxylic acids is 1. The maximum Gasteiger partial charge on any atom is 0.132 e. The first-order chi connectivity index (χ1) is 6.15. The predicted molar refractivity (Wildman–Crippen MR) is 50.9 cm³/mol. The van der Waals surface area contributed by atoms with Gasteiger partial charge < -0.3 is 0 Å². The third-order valence-electron chi connectivity index (χ3n) is 3.29. The monoisotopic (exact) mass is 179 g/mol. The molecule has 1 rings (SSSR count). The Bertz CT molecular complexity index is 229. The van der Waals surface area contributed by atoms with Crippen molar-refractivity contribution in [1.29, 1.82) is 5.26 Å². The number of Topliss-reactive ketones (excluding diaryl/α,β-unsaturated/α-hetero) is 1. The number of rotatable bonds is 2. The molecule has 3 unspecified atom stereocenters. The Morgan fingerprint density at radius 1 is 1.54 bits per heavy atom. The van der Waals surface area contributed by atoms with Gasteiger partial charge in [0.15, 0.2) is 0 Å². The van der Waals surface area contributed by atoms with Crippen molar-refractivity contribution in [2.24, 2.45) is 17.8 Å². The van der Waals surface area contributed by atoms with Crippen LogP contribution in [0.25, 0.3) is 0 Å². The number of hydrogen-bond acceptors (Lipinski definition) is 2. The van der Waals surface area contributed by atoms with Gasteiger partial charge in [0.1, 0.15) is 5.78 Å². The molecule has 0 aromatic rings. The van der Waals surface area contributed by atoms with E-state index in [-0.39, 0.29) is 5.92 Å². The summed E-state index contributed by atoms with van der Waals surface area (Å²) in [7, 11) is 0. The van der Waals surface area contributed by atoms with E-state index in [0.29, 0.717) is 24.0 Å². The largest absolute Gasteiger partial charge is 0.300 e. The summed E-state index contributed by atoms with van der Waals surface area (Å²) < 4.78 is 0. The molecule has 0 N–H and O–H groups in total. The Morgan fingerprint density at radius 2 is 2.23 bits per heavy atom. The number of nitrogens with zero attached hydrogens (tertiary/aromatic N) is 1. The average Bonchev–Trinajstić information content (AvgIpc) is 2.08. The third kappa shape index (κ3) is 2.55. The van der Waals surface area contributed by atoms with E-state index >= 15 is 0 Å². The summed E-state index contributed by atoms with van der Waals surface area (Å²) in [5, 5.41) is 8.63. The van der Waals surface area contributed by atoms with Crippen LogP contribution in [0.15, 0.2) is 0 Å². The van der Waals surface area contributed by atoms with Crippen molar-refractivity contribution in [3.63, 3.8) is 0 Å². The number of hydrogen-bond donors (Lipinski definition) is 0. The van der Waals surface area contributed by atoms with Gasteiger partial charge in [-0.3, -0.25) is 4.79 Å². The molecule has 13 heavy (non-hydrogen) atoms. The van der Waals surface area contributed by atoms with Crippen LogP contribution in [0.5, 0.6) is 0 Å². The lowest BCUT2D eigenvalue weighted by Gasteiger charge is -2.31. The quantitative estimate of drug-likeness (QED) is 0.653. The van der Waals surface area contributed by atoms with Crippen molar-refractivity contribution < 1.29 is 4.79 Å². The normalized spacial score (nSPS) is 33.8. The van der Waals surface area contributed by atoms with Crippen molar-refractivity contribution in [3.8, 4) is 6.07 Å². The van der Waals surface area contributed by atoms with Crippen molar-refractivity contribution in [2.45, 2.75) is 39.5 Å². The maximum absolute atomic E-state index is 11.2. The fourth-order valence-corrected chi connectivity index (χ4v) is 2.19.